The number of rotatable bonds is 5. The summed E-state index contributed by atoms with van der Waals surface area (Å²) in [6.45, 7) is 2.47. The van der Waals surface area contributed by atoms with Gasteiger partial charge in [0.25, 0.3) is 0 Å². The van der Waals surface area contributed by atoms with E-state index in [2.05, 4.69) is 5.32 Å². The summed E-state index contributed by atoms with van der Waals surface area (Å²) in [4.78, 5) is 0. The number of alkyl halides is 6. The summed E-state index contributed by atoms with van der Waals surface area (Å²) in [5.41, 5.74) is -2.58. The van der Waals surface area contributed by atoms with Crippen molar-refractivity contribution in [3.63, 3.8) is 0 Å². The molecule has 0 fully saturated rings. The minimum atomic E-state index is -4.79. The average Bonchev–Trinajstić information content (AvgIpc) is 2.32. The normalized spacial score (nSPS) is 12.8. The van der Waals surface area contributed by atoms with Gasteiger partial charge in [-0.25, -0.2) is 0 Å². The van der Waals surface area contributed by atoms with E-state index in [4.69, 9.17) is 0 Å². The first-order valence-electron chi connectivity index (χ1n) is 6.13. The lowest BCUT2D eigenvalue weighted by Gasteiger charge is -2.14. The second-order valence-corrected chi connectivity index (χ2v) is 4.44. The Morgan fingerprint density at radius 3 is 1.80 bits per heavy atom. The molecule has 0 bridgehead atoms. The fourth-order valence-electron chi connectivity index (χ4n) is 1.66. The predicted octanol–water partition coefficient (Wildman–Crippen LogP) is 4.61. The van der Waals surface area contributed by atoms with Gasteiger partial charge in [-0.1, -0.05) is 13.3 Å². The molecule has 1 nitrogen and oxygen atoms in total. The van der Waals surface area contributed by atoms with Gasteiger partial charge in [-0.2, -0.15) is 26.3 Å². The second-order valence-electron chi connectivity index (χ2n) is 4.44. The van der Waals surface area contributed by atoms with Gasteiger partial charge in [0.05, 0.1) is 11.1 Å². The summed E-state index contributed by atoms with van der Waals surface area (Å²) >= 11 is 0. The Kier molecular flexibility index (Phi) is 5.44. The molecule has 0 aliphatic carbocycles. The SMILES string of the molecule is CCCCNCc1cc(C(F)(F)F)cc(C(F)(F)F)c1. The average molecular weight is 299 g/mol. The predicted molar refractivity (Wildman–Crippen MR) is 63.1 cm³/mol. The van der Waals surface area contributed by atoms with Crippen LogP contribution in [0.3, 0.4) is 0 Å². The summed E-state index contributed by atoms with van der Waals surface area (Å²) < 4.78 is 75.5. The van der Waals surface area contributed by atoms with Crippen molar-refractivity contribution >= 4 is 0 Å². The van der Waals surface area contributed by atoms with Crippen molar-refractivity contribution in [2.24, 2.45) is 0 Å². The van der Waals surface area contributed by atoms with Crippen LogP contribution in [0, 0.1) is 0 Å². The maximum Gasteiger partial charge on any atom is 0.416 e. The molecule has 1 aromatic rings. The van der Waals surface area contributed by atoms with Crippen LogP contribution in [0.5, 0.6) is 0 Å². The Hall–Kier alpha value is -1.24. The van der Waals surface area contributed by atoms with E-state index in [1.807, 2.05) is 6.92 Å². The molecule has 1 rings (SSSR count). The zero-order valence-corrected chi connectivity index (χ0v) is 10.8. The molecule has 0 saturated carbocycles. The molecule has 0 radical (unpaired) electrons. The lowest BCUT2D eigenvalue weighted by atomic mass is 10.0. The number of hydrogen-bond acceptors (Lipinski definition) is 1. The van der Waals surface area contributed by atoms with Crippen molar-refractivity contribution in [2.75, 3.05) is 6.54 Å². The highest BCUT2D eigenvalue weighted by Gasteiger charge is 2.36. The highest BCUT2D eigenvalue weighted by Crippen LogP contribution is 2.36. The first-order valence-corrected chi connectivity index (χ1v) is 6.13. The van der Waals surface area contributed by atoms with Gasteiger partial charge < -0.3 is 5.32 Å². The fourth-order valence-corrected chi connectivity index (χ4v) is 1.66. The molecule has 20 heavy (non-hydrogen) atoms. The third kappa shape index (κ3) is 5.03. The molecule has 0 aliphatic heterocycles. The first kappa shape index (κ1) is 16.8. The molecule has 0 aromatic heterocycles. The van der Waals surface area contributed by atoms with Crippen molar-refractivity contribution < 1.29 is 26.3 Å². The van der Waals surface area contributed by atoms with Crippen LogP contribution in [0.25, 0.3) is 0 Å². The van der Waals surface area contributed by atoms with Crippen molar-refractivity contribution in [1.82, 2.24) is 5.32 Å². The molecule has 1 N–H and O–H groups in total. The Labute approximate surface area is 113 Å². The smallest absolute Gasteiger partial charge is 0.313 e. The molecular weight excluding hydrogens is 284 g/mol. The van der Waals surface area contributed by atoms with Crippen LogP contribution in [0.15, 0.2) is 18.2 Å². The summed E-state index contributed by atoms with van der Waals surface area (Å²) in [6, 6.07) is 1.62. The minimum Gasteiger partial charge on any atom is -0.313 e. The summed E-state index contributed by atoms with van der Waals surface area (Å²) in [6.07, 6.45) is -7.88. The third-order valence-electron chi connectivity index (χ3n) is 2.68. The largest absolute Gasteiger partial charge is 0.416 e. The molecule has 1 aromatic carbocycles. The van der Waals surface area contributed by atoms with Gasteiger partial charge in [0.2, 0.25) is 0 Å². The van der Waals surface area contributed by atoms with Gasteiger partial charge in [0, 0.05) is 6.54 Å². The van der Waals surface area contributed by atoms with Crippen LogP contribution in [0.1, 0.15) is 36.5 Å². The van der Waals surface area contributed by atoms with Crippen LogP contribution in [-0.4, -0.2) is 6.54 Å². The third-order valence-corrected chi connectivity index (χ3v) is 2.68. The molecule has 0 unspecified atom stereocenters. The number of unbranched alkanes of at least 4 members (excludes halogenated alkanes) is 1. The lowest BCUT2D eigenvalue weighted by molar-refractivity contribution is -0.143. The fraction of sp³-hybridized carbons (Fsp3) is 0.538. The van der Waals surface area contributed by atoms with E-state index >= 15 is 0 Å². The molecule has 0 atom stereocenters. The number of halogens is 6. The minimum absolute atomic E-state index is 0.0208. The molecule has 0 saturated heterocycles. The topological polar surface area (TPSA) is 12.0 Å². The van der Waals surface area contributed by atoms with Crippen molar-refractivity contribution in [2.45, 2.75) is 38.7 Å². The van der Waals surface area contributed by atoms with E-state index in [0.717, 1.165) is 25.0 Å². The van der Waals surface area contributed by atoms with Crippen LogP contribution in [0.2, 0.25) is 0 Å². The number of nitrogens with one attached hydrogen (secondary N) is 1. The highest BCUT2D eigenvalue weighted by molar-refractivity contribution is 5.33. The lowest BCUT2D eigenvalue weighted by Crippen LogP contribution is -2.17. The maximum absolute atomic E-state index is 12.6. The number of hydrogen-bond donors (Lipinski definition) is 1. The Morgan fingerprint density at radius 1 is 0.900 bits per heavy atom. The molecule has 0 heterocycles. The Morgan fingerprint density at radius 2 is 1.40 bits per heavy atom. The zero-order chi connectivity index (χ0) is 15.4. The van der Waals surface area contributed by atoms with Gasteiger partial charge in [0.1, 0.15) is 0 Å². The molecule has 0 spiro atoms. The van der Waals surface area contributed by atoms with Gasteiger partial charge in [-0.15, -0.1) is 0 Å². The van der Waals surface area contributed by atoms with E-state index in [1.54, 1.807) is 0 Å². The van der Waals surface area contributed by atoms with Crippen molar-refractivity contribution in [3.8, 4) is 0 Å². The van der Waals surface area contributed by atoms with E-state index in [9.17, 15) is 26.3 Å². The Bertz CT molecular complexity index is 403. The van der Waals surface area contributed by atoms with E-state index in [0.29, 0.717) is 6.54 Å². The Balaban J connectivity index is 2.99. The molecule has 0 aliphatic rings. The summed E-state index contributed by atoms with van der Waals surface area (Å²) in [7, 11) is 0. The van der Waals surface area contributed by atoms with Crippen LogP contribution in [-0.2, 0) is 18.9 Å². The summed E-state index contributed by atoms with van der Waals surface area (Å²) in [5, 5.41) is 2.83. The van der Waals surface area contributed by atoms with Crippen molar-refractivity contribution in [3.05, 3.63) is 34.9 Å². The van der Waals surface area contributed by atoms with E-state index < -0.39 is 23.5 Å². The first-order chi connectivity index (χ1) is 9.14. The van der Waals surface area contributed by atoms with Crippen LogP contribution >= 0.6 is 0 Å². The van der Waals surface area contributed by atoms with Crippen molar-refractivity contribution in [1.29, 1.82) is 0 Å². The maximum atomic E-state index is 12.6. The highest BCUT2D eigenvalue weighted by atomic mass is 19.4. The van der Waals surface area contributed by atoms with Crippen LogP contribution < -0.4 is 5.32 Å². The molecule has 0 amide bonds. The van der Waals surface area contributed by atoms with Gasteiger partial charge in [0.15, 0.2) is 0 Å². The number of benzene rings is 1. The van der Waals surface area contributed by atoms with Gasteiger partial charge in [-0.3, -0.25) is 0 Å². The summed E-state index contributed by atoms with van der Waals surface area (Å²) in [5.74, 6) is 0. The van der Waals surface area contributed by atoms with Crippen LogP contribution in [0.4, 0.5) is 26.3 Å². The monoisotopic (exact) mass is 299 g/mol. The standard InChI is InChI=1S/C13H15F6N/c1-2-3-4-20-8-9-5-10(12(14,15)16)7-11(6-9)13(17,18)19/h5-7,20H,2-4,8H2,1H3. The van der Waals surface area contributed by atoms with Gasteiger partial charge >= 0.3 is 12.4 Å². The van der Waals surface area contributed by atoms with E-state index in [1.165, 1.54) is 0 Å². The second kappa shape index (κ2) is 6.47. The van der Waals surface area contributed by atoms with Gasteiger partial charge in [-0.05, 0) is 36.7 Å². The van der Waals surface area contributed by atoms with E-state index in [-0.39, 0.29) is 18.2 Å². The quantitative estimate of drug-likeness (QED) is 0.618. The molecular formula is C13H15F6N. The molecule has 7 heteroatoms. The zero-order valence-electron chi connectivity index (χ0n) is 10.8. The molecule has 114 valence electrons.